The van der Waals surface area contributed by atoms with Crippen molar-refractivity contribution in [2.45, 2.75) is 18.2 Å². The van der Waals surface area contributed by atoms with Crippen molar-refractivity contribution in [3.63, 3.8) is 0 Å². The van der Waals surface area contributed by atoms with Crippen molar-refractivity contribution in [1.29, 1.82) is 0 Å². The number of carbonyl (C=O) groups is 1. The van der Waals surface area contributed by atoms with Gasteiger partial charge in [0.25, 0.3) is 0 Å². The van der Waals surface area contributed by atoms with E-state index in [4.69, 9.17) is 9.47 Å². The van der Waals surface area contributed by atoms with Crippen LogP contribution >= 0.6 is 23.1 Å². The molecule has 9 heteroatoms. The number of aromatic carboxylic acids is 1. The third-order valence-corrected chi connectivity index (χ3v) is 6.16. The quantitative estimate of drug-likeness (QED) is 0.434. The molecule has 0 unspecified atom stereocenters. The molecule has 7 nitrogen and oxygen atoms in total. The van der Waals surface area contributed by atoms with Gasteiger partial charge in [-0.15, -0.1) is 23.1 Å². The Bertz CT molecular complexity index is 1020. The number of thiophene rings is 1. The Hall–Kier alpha value is -2.78. The third kappa shape index (κ3) is 5.22. The summed E-state index contributed by atoms with van der Waals surface area (Å²) in [5.41, 5.74) is 1.76. The van der Waals surface area contributed by atoms with Gasteiger partial charge in [0.15, 0.2) is 4.88 Å². The number of hydrogen-bond donors (Lipinski definition) is 2. The van der Waals surface area contributed by atoms with E-state index in [2.05, 4.69) is 27.4 Å². The lowest BCUT2D eigenvalue weighted by Crippen LogP contribution is -2.07. The zero-order valence-corrected chi connectivity index (χ0v) is 18.6. The SMILES string of the molecule is CCOc1cc(-c2cc(NCCc3ccc(SC)cc3OC)ncn2)sc1C(=O)O. The molecular formula is C21H23N3O4S2. The first-order valence-corrected chi connectivity index (χ1v) is 11.4. The lowest BCUT2D eigenvalue weighted by atomic mass is 10.1. The Morgan fingerprint density at radius 2 is 2.07 bits per heavy atom. The van der Waals surface area contributed by atoms with Gasteiger partial charge in [-0.25, -0.2) is 14.8 Å². The zero-order chi connectivity index (χ0) is 21.5. The Morgan fingerprint density at radius 1 is 1.23 bits per heavy atom. The van der Waals surface area contributed by atoms with Crippen molar-refractivity contribution in [2.75, 3.05) is 31.8 Å². The van der Waals surface area contributed by atoms with E-state index >= 15 is 0 Å². The topological polar surface area (TPSA) is 93.6 Å². The highest BCUT2D eigenvalue weighted by Crippen LogP contribution is 2.36. The average Bonchev–Trinajstić information content (AvgIpc) is 3.19. The fraction of sp³-hybridized carbons (Fsp3) is 0.286. The Morgan fingerprint density at radius 3 is 2.77 bits per heavy atom. The zero-order valence-electron chi connectivity index (χ0n) is 17.0. The number of hydrogen-bond acceptors (Lipinski definition) is 8. The second kappa shape index (κ2) is 10.3. The average molecular weight is 446 g/mol. The van der Waals surface area contributed by atoms with Crippen LogP contribution < -0.4 is 14.8 Å². The molecule has 0 atom stereocenters. The number of nitrogens with one attached hydrogen (secondary N) is 1. The molecule has 1 aromatic carbocycles. The maximum absolute atomic E-state index is 11.5. The van der Waals surface area contributed by atoms with E-state index < -0.39 is 5.97 Å². The van der Waals surface area contributed by atoms with Gasteiger partial charge in [0.05, 0.1) is 24.3 Å². The maximum Gasteiger partial charge on any atom is 0.349 e. The van der Waals surface area contributed by atoms with Crippen molar-refractivity contribution in [3.8, 4) is 22.1 Å². The number of methoxy groups -OCH3 is 1. The number of benzene rings is 1. The first-order chi connectivity index (χ1) is 14.5. The molecule has 0 amide bonds. The lowest BCUT2D eigenvalue weighted by molar-refractivity contribution is 0.0698. The van der Waals surface area contributed by atoms with Gasteiger partial charge in [0.2, 0.25) is 0 Å². The van der Waals surface area contributed by atoms with Gasteiger partial charge >= 0.3 is 5.97 Å². The highest BCUT2D eigenvalue weighted by atomic mass is 32.2. The van der Waals surface area contributed by atoms with Crippen molar-refractivity contribution < 1.29 is 19.4 Å². The van der Waals surface area contributed by atoms with Gasteiger partial charge in [-0.05, 0) is 37.3 Å². The number of carboxylic acid groups (broad SMARTS) is 1. The summed E-state index contributed by atoms with van der Waals surface area (Å²) in [6, 6.07) is 9.71. The first-order valence-electron chi connectivity index (χ1n) is 9.32. The molecule has 0 saturated carbocycles. The largest absolute Gasteiger partial charge is 0.496 e. The number of rotatable bonds is 10. The minimum absolute atomic E-state index is 0.167. The summed E-state index contributed by atoms with van der Waals surface area (Å²) in [4.78, 5) is 22.0. The summed E-state index contributed by atoms with van der Waals surface area (Å²) in [7, 11) is 1.68. The number of carboxylic acids is 1. The molecular weight excluding hydrogens is 422 g/mol. The fourth-order valence-electron chi connectivity index (χ4n) is 2.88. The van der Waals surface area contributed by atoms with Crippen LogP contribution in [0.5, 0.6) is 11.5 Å². The molecule has 2 heterocycles. The molecule has 0 aliphatic heterocycles. The molecule has 0 saturated heterocycles. The van der Waals surface area contributed by atoms with E-state index in [0.717, 1.165) is 38.8 Å². The van der Waals surface area contributed by atoms with Gasteiger partial charge in [0.1, 0.15) is 23.6 Å². The van der Waals surface area contributed by atoms with Gasteiger partial charge in [0, 0.05) is 23.6 Å². The number of aromatic nitrogens is 2. The third-order valence-electron chi connectivity index (χ3n) is 4.31. The molecule has 3 aromatic rings. The maximum atomic E-state index is 11.5. The number of nitrogens with zero attached hydrogens (tertiary/aromatic N) is 2. The molecule has 0 aliphatic carbocycles. The smallest absolute Gasteiger partial charge is 0.349 e. The molecule has 2 aromatic heterocycles. The highest BCUT2D eigenvalue weighted by molar-refractivity contribution is 7.98. The van der Waals surface area contributed by atoms with Gasteiger partial charge in [-0.3, -0.25) is 0 Å². The summed E-state index contributed by atoms with van der Waals surface area (Å²) in [5, 5.41) is 12.7. The molecule has 0 spiro atoms. The standard InChI is InChI=1S/C21H23N3O4S2/c1-4-28-17-11-18(30-20(17)21(25)26)15-10-19(24-12-23-15)22-8-7-13-5-6-14(29-3)9-16(13)27-2/h5-6,9-12H,4,7-8H2,1-3H3,(H,25,26)(H,22,23,24). The normalized spacial score (nSPS) is 10.6. The van der Waals surface area contributed by atoms with E-state index in [1.165, 1.54) is 6.33 Å². The van der Waals surface area contributed by atoms with E-state index in [-0.39, 0.29) is 4.88 Å². The summed E-state index contributed by atoms with van der Waals surface area (Å²) < 4.78 is 10.9. The van der Waals surface area contributed by atoms with Crippen LogP contribution in [0.4, 0.5) is 5.82 Å². The predicted molar refractivity (Wildman–Crippen MR) is 120 cm³/mol. The second-order valence-electron chi connectivity index (χ2n) is 6.19. The van der Waals surface area contributed by atoms with Crippen molar-refractivity contribution in [3.05, 3.63) is 47.1 Å². The summed E-state index contributed by atoms with van der Waals surface area (Å²) in [6.07, 6.45) is 4.27. The van der Waals surface area contributed by atoms with Crippen LogP contribution in [-0.4, -0.2) is 47.6 Å². The van der Waals surface area contributed by atoms with Gasteiger partial charge < -0.3 is 19.9 Å². The Balaban J connectivity index is 1.71. The van der Waals surface area contributed by atoms with E-state index in [1.54, 1.807) is 31.0 Å². The van der Waals surface area contributed by atoms with Crippen LogP contribution in [0.1, 0.15) is 22.2 Å². The number of anilines is 1. The van der Waals surface area contributed by atoms with Crippen LogP contribution in [0.15, 0.2) is 41.6 Å². The Labute approximate surface area is 183 Å². The van der Waals surface area contributed by atoms with Gasteiger partial charge in [-0.1, -0.05) is 6.07 Å². The summed E-state index contributed by atoms with van der Waals surface area (Å²) in [5.74, 6) is 0.889. The predicted octanol–water partition coefficient (Wildman–Crippen LogP) is 4.69. The molecule has 0 fully saturated rings. The molecule has 0 bridgehead atoms. The van der Waals surface area contributed by atoms with Crippen LogP contribution in [-0.2, 0) is 6.42 Å². The van der Waals surface area contributed by atoms with E-state index in [0.29, 0.717) is 30.4 Å². The monoisotopic (exact) mass is 445 g/mol. The molecule has 158 valence electrons. The minimum atomic E-state index is -1.01. The van der Waals surface area contributed by atoms with Gasteiger partial charge in [-0.2, -0.15) is 0 Å². The first kappa shape index (κ1) is 21.9. The minimum Gasteiger partial charge on any atom is -0.496 e. The molecule has 2 N–H and O–H groups in total. The van der Waals surface area contributed by atoms with E-state index in [1.807, 2.05) is 19.2 Å². The second-order valence-corrected chi connectivity index (χ2v) is 8.12. The van der Waals surface area contributed by atoms with Crippen LogP contribution in [0.2, 0.25) is 0 Å². The lowest BCUT2D eigenvalue weighted by Gasteiger charge is -2.11. The Kier molecular flexibility index (Phi) is 7.53. The summed E-state index contributed by atoms with van der Waals surface area (Å²) >= 11 is 2.81. The van der Waals surface area contributed by atoms with Crippen LogP contribution in [0.25, 0.3) is 10.6 Å². The van der Waals surface area contributed by atoms with Crippen molar-refractivity contribution in [2.24, 2.45) is 0 Å². The number of ether oxygens (including phenoxy) is 2. The van der Waals surface area contributed by atoms with Crippen molar-refractivity contribution in [1.82, 2.24) is 9.97 Å². The van der Waals surface area contributed by atoms with Crippen molar-refractivity contribution >= 4 is 34.9 Å². The molecule has 0 aliphatic rings. The van der Waals surface area contributed by atoms with Crippen LogP contribution in [0.3, 0.4) is 0 Å². The van der Waals surface area contributed by atoms with Crippen LogP contribution in [0, 0.1) is 0 Å². The highest BCUT2D eigenvalue weighted by Gasteiger charge is 2.18. The van der Waals surface area contributed by atoms with E-state index in [9.17, 15) is 9.90 Å². The fourth-order valence-corrected chi connectivity index (χ4v) is 4.22. The molecule has 30 heavy (non-hydrogen) atoms. The summed E-state index contributed by atoms with van der Waals surface area (Å²) in [6.45, 7) is 2.88. The molecule has 3 rings (SSSR count). The number of thioether (sulfide) groups is 1. The molecule has 0 radical (unpaired) electrons.